The molecule has 1 atom stereocenters. The Bertz CT molecular complexity index is 1960. The van der Waals surface area contributed by atoms with Crippen LogP contribution in [0, 0.1) is 11.3 Å². The molecule has 5 aromatic rings. The highest BCUT2D eigenvalue weighted by atomic mass is 16.6. The van der Waals surface area contributed by atoms with Crippen LogP contribution in [0.4, 0.5) is 10.6 Å². The number of hydrogen-bond acceptors (Lipinski definition) is 10. The van der Waals surface area contributed by atoms with Crippen molar-refractivity contribution in [3.8, 4) is 28.6 Å². The Morgan fingerprint density at radius 3 is 2.41 bits per heavy atom. The minimum Gasteiger partial charge on any atom is -0.444 e. The zero-order chi connectivity index (χ0) is 34.1. The zero-order valence-corrected chi connectivity index (χ0v) is 28.4. The fraction of sp³-hybridized carbons (Fsp3) is 0.417. The number of rotatable bonds is 6. The van der Waals surface area contributed by atoms with E-state index in [-0.39, 0.29) is 18.2 Å². The molecule has 0 N–H and O–H groups in total. The van der Waals surface area contributed by atoms with Crippen LogP contribution in [-0.2, 0) is 4.74 Å². The Balaban J connectivity index is 1.07. The summed E-state index contributed by atoms with van der Waals surface area (Å²) in [5.41, 5.74) is 4.63. The summed E-state index contributed by atoms with van der Waals surface area (Å²) in [4.78, 5) is 33.5. The fourth-order valence-electron chi connectivity index (χ4n) is 6.61. The lowest BCUT2D eigenvalue weighted by Gasteiger charge is -2.38. The van der Waals surface area contributed by atoms with Gasteiger partial charge in [0.1, 0.15) is 28.6 Å². The Labute approximate surface area is 285 Å². The van der Waals surface area contributed by atoms with E-state index in [2.05, 4.69) is 44.0 Å². The molecule has 2 aliphatic heterocycles. The summed E-state index contributed by atoms with van der Waals surface area (Å²) >= 11 is 0. The summed E-state index contributed by atoms with van der Waals surface area (Å²) in [6.07, 6.45) is 12.2. The molecule has 0 aromatic carbocycles. The van der Waals surface area contributed by atoms with Crippen molar-refractivity contribution in [3.63, 3.8) is 0 Å². The van der Waals surface area contributed by atoms with E-state index in [1.54, 1.807) is 15.6 Å². The SMILES string of the molecule is C[C@H](c1ccccn1)N1CCN(c2ccc(-c3nc(-c4cnn(C5CCN(C(=O)OC(C)(C)C)CC5)c4)cn4ncc(C#N)c34)cn2)CC1. The molecule has 13 nitrogen and oxygen atoms in total. The third kappa shape index (κ3) is 6.82. The van der Waals surface area contributed by atoms with Crippen LogP contribution in [0.25, 0.3) is 28.0 Å². The number of fused-ring (bicyclic) bond motifs is 1. The smallest absolute Gasteiger partial charge is 0.410 e. The van der Waals surface area contributed by atoms with E-state index in [1.807, 2.05) is 80.7 Å². The Morgan fingerprint density at radius 2 is 1.73 bits per heavy atom. The van der Waals surface area contributed by atoms with Gasteiger partial charge in [-0.15, -0.1) is 0 Å². The molecular formula is C36H41N11O2. The van der Waals surface area contributed by atoms with Crippen LogP contribution in [-0.4, -0.2) is 95.1 Å². The number of piperidine rings is 1. The molecule has 2 fully saturated rings. The number of nitrogens with zero attached hydrogens (tertiary/aromatic N) is 11. The molecule has 1 amide bonds. The van der Waals surface area contributed by atoms with Gasteiger partial charge >= 0.3 is 6.09 Å². The second-order valence-electron chi connectivity index (χ2n) is 13.7. The first kappa shape index (κ1) is 32.2. The van der Waals surface area contributed by atoms with Crippen molar-refractivity contribution in [2.45, 2.75) is 58.2 Å². The van der Waals surface area contributed by atoms with Crippen LogP contribution in [0.5, 0.6) is 0 Å². The quantitative estimate of drug-likeness (QED) is 0.234. The number of aromatic nitrogens is 7. The standard InChI is InChI=1S/C36H41N11O2/c1-25(30-7-5-6-12-38-30)43-15-17-44(18-16-43)32-9-8-26(20-39-32)33-34-27(19-37)21-41-47(34)24-31(42-33)28-22-40-46(23-28)29-10-13-45(14-11-29)35(48)49-36(2,3)4/h5-9,12,20-25,29H,10-11,13-18H2,1-4H3/t25-/m1/s1. The Hall–Kier alpha value is -5.35. The minimum absolute atomic E-state index is 0.155. The second-order valence-corrected chi connectivity index (χ2v) is 13.7. The second kappa shape index (κ2) is 13.3. The zero-order valence-electron chi connectivity index (χ0n) is 28.4. The summed E-state index contributed by atoms with van der Waals surface area (Å²) in [6, 6.07) is 12.8. The fourth-order valence-corrected chi connectivity index (χ4v) is 6.61. The third-order valence-corrected chi connectivity index (χ3v) is 9.33. The average molecular weight is 660 g/mol. The topological polar surface area (TPSA) is 134 Å². The molecule has 13 heteroatoms. The van der Waals surface area contributed by atoms with E-state index < -0.39 is 5.60 Å². The van der Waals surface area contributed by atoms with Crippen molar-refractivity contribution >= 4 is 17.4 Å². The van der Waals surface area contributed by atoms with E-state index in [4.69, 9.17) is 14.7 Å². The van der Waals surface area contributed by atoms with Crippen molar-refractivity contribution < 1.29 is 9.53 Å². The maximum absolute atomic E-state index is 12.5. The minimum atomic E-state index is -0.520. The molecule has 0 spiro atoms. The van der Waals surface area contributed by atoms with E-state index >= 15 is 0 Å². The van der Waals surface area contributed by atoms with Gasteiger partial charge in [0, 0.05) is 75.0 Å². The van der Waals surface area contributed by atoms with Crippen LogP contribution in [0.2, 0.25) is 0 Å². The normalized spacial score (nSPS) is 16.9. The highest BCUT2D eigenvalue weighted by Gasteiger charge is 2.28. The molecule has 0 bridgehead atoms. The lowest BCUT2D eigenvalue weighted by molar-refractivity contribution is 0.0185. The van der Waals surface area contributed by atoms with E-state index in [0.717, 1.165) is 61.7 Å². The van der Waals surface area contributed by atoms with Gasteiger partial charge in [0.25, 0.3) is 0 Å². The number of nitriles is 1. The molecule has 49 heavy (non-hydrogen) atoms. The predicted molar refractivity (Wildman–Crippen MR) is 185 cm³/mol. The summed E-state index contributed by atoms with van der Waals surface area (Å²) in [5.74, 6) is 0.911. The number of carbonyl (C=O) groups excluding carboxylic acids is 1. The first-order valence-corrected chi connectivity index (χ1v) is 16.8. The summed E-state index contributed by atoms with van der Waals surface area (Å²) in [7, 11) is 0. The lowest BCUT2D eigenvalue weighted by atomic mass is 10.1. The monoisotopic (exact) mass is 659 g/mol. The molecule has 0 saturated carbocycles. The number of anilines is 1. The van der Waals surface area contributed by atoms with Crippen molar-refractivity contribution in [1.29, 1.82) is 5.26 Å². The van der Waals surface area contributed by atoms with Crippen LogP contribution in [0.15, 0.2) is 67.5 Å². The van der Waals surface area contributed by atoms with Gasteiger partial charge in [-0.05, 0) is 64.8 Å². The molecule has 0 aliphatic carbocycles. The van der Waals surface area contributed by atoms with Crippen LogP contribution in [0.1, 0.15) is 63.9 Å². The van der Waals surface area contributed by atoms with Crippen molar-refractivity contribution in [3.05, 3.63) is 78.8 Å². The van der Waals surface area contributed by atoms with Gasteiger partial charge in [0.05, 0.1) is 41.7 Å². The van der Waals surface area contributed by atoms with Crippen LogP contribution >= 0.6 is 0 Å². The van der Waals surface area contributed by atoms with Gasteiger partial charge in [-0.3, -0.25) is 14.6 Å². The highest BCUT2D eigenvalue weighted by molar-refractivity contribution is 5.83. The summed E-state index contributed by atoms with van der Waals surface area (Å²) in [6.45, 7) is 12.6. The summed E-state index contributed by atoms with van der Waals surface area (Å²) in [5, 5.41) is 19.0. The van der Waals surface area contributed by atoms with Crippen LogP contribution in [0.3, 0.4) is 0 Å². The molecule has 0 unspecified atom stereocenters. The Kier molecular flexibility index (Phi) is 8.73. The molecule has 2 saturated heterocycles. The van der Waals surface area contributed by atoms with Gasteiger partial charge in [-0.2, -0.15) is 15.5 Å². The molecule has 2 aliphatic rings. The number of likely N-dealkylation sites (tertiary alicyclic amines) is 1. The van der Waals surface area contributed by atoms with Gasteiger partial charge < -0.3 is 14.5 Å². The number of piperazine rings is 1. The third-order valence-electron chi connectivity index (χ3n) is 9.33. The lowest BCUT2D eigenvalue weighted by Crippen LogP contribution is -2.47. The summed E-state index contributed by atoms with van der Waals surface area (Å²) < 4.78 is 9.23. The van der Waals surface area contributed by atoms with Gasteiger partial charge in [0.15, 0.2) is 0 Å². The van der Waals surface area contributed by atoms with Gasteiger partial charge in [0.2, 0.25) is 0 Å². The largest absolute Gasteiger partial charge is 0.444 e. The molecular weight excluding hydrogens is 618 g/mol. The first-order chi connectivity index (χ1) is 23.7. The predicted octanol–water partition coefficient (Wildman–Crippen LogP) is 5.38. The number of carbonyl (C=O) groups is 1. The van der Waals surface area contributed by atoms with Crippen molar-refractivity contribution in [2.24, 2.45) is 0 Å². The first-order valence-electron chi connectivity index (χ1n) is 16.8. The number of pyridine rings is 2. The van der Waals surface area contributed by atoms with E-state index in [0.29, 0.717) is 35.6 Å². The van der Waals surface area contributed by atoms with Crippen molar-refractivity contribution in [2.75, 3.05) is 44.2 Å². The van der Waals surface area contributed by atoms with Gasteiger partial charge in [-0.25, -0.2) is 19.3 Å². The molecule has 7 rings (SSSR count). The molecule has 0 radical (unpaired) electrons. The van der Waals surface area contributed by atoms with Crippen molar-refractivity contribution in [1.82, 2.24) is 44.1 Å². The van der Waals surface area contributed by atoms with Crippen LogP contribution < -0.4 is 4.90 Å². The number of ether oxygens (including phenoxy) is 1. The Morgan fingerprint density at radius 1 is 0.939 bits per heavy atom. The number of hydrogen-bond donors (Lipinski definition) is 0. The van der Waals surface area contributed by atoms with E-state index in [9.17, 15) is 10.1 Å². The maximum Gasteiger partial charge on any atom is 0.410 e. The van der Waals surface area contributed by atoms with Gasteiger partial charge in [-0.1, -0.05) is 6.07 Å². The molecule has 5 aromatic heterocycles. The molecule has 252 valence electrons. The molecule has 7 heterocycles. The maximum atomic E-state index is 12.5. The highest BCUT2D eigenvalue weighted by Crippen LogP contribution is 2.31. The number of amides is 1. The average Bonchev–Trinajstić information content (AvgIpc) is 3.79. The van der Waals surface area contributed by atoms with E-state index in [1.165, 1.54) is 0 Å².